The summed E-state index contributed by atoms with van der Waals surface area (Å²) in [5.74, 6) is -0.997. The number of nitrogens with one attached hydrogen (secondary N) is 1. The molecule has 1 amide bonds. The summed E-state index contributed by atoms with van der Waals surface area (Å²) in [5.41, 5.74) is 2.22. The number of hydrogen-bond acceptors (Lipinski definition) is 3. The van der Waals surface area contributed by atoms with E-state index in [0.717, 1.165) is 11.1 Å². The summed E-state index contributed by atoms with van der Waals surface area (Å²) in [6, 6.07) is 4.69. The van der Waals surface area contributed by atoms with Gasteiger partial charge in [-0.1, -0.05) is 26.3 Å². The fourth-order valence-electron chi connectivity index (χ4n) is 2.00. The van der Waals surface area contributed by atoms with E-state index in [1.165, 1.54) is 0 Å². The van der Waals surface area contributed by atoms with E-state index in [9.17, 15) is 14.7 Å². The van der Waals surface area contributed by atoms with Crippen LogP contribution >= 0.6 is 0 Å². The van der Waals surface area contributed by atoms with Gasteiger partial charge >= 0.3 is 5.97 Å². The van der Waals surface area contributed by atoms with Gasteiger partial charge in [0.15, 0.2) is 6.10 Å². The van der Waals surface area contributed by atoms with Gasteiger partial charge in [0, 0.05) is 0 Å². The molecule has 5 heteroatoms. The van der Waals surface area contributed by atoms with Gasteiger partial charge in [-0.2, -0.15) is 0 Å². The second kappa shape index (κ2) is 7.82. The molecule has 0 spiro atoms. The quantitative estimate of drug-likeness (QED) is 0.812. The van der Waals surface area contributed by atoms with Crippen LogP contribution in [-0.2, 0) is 9.59 Å². The minimum atomic E-state index is -1.03. The Labute approximate surface area is 131 Å². The first-order valence-corrected chi connectivity index (χ1v) is 7.53. The number of carboxylic acid groups (broad SMARTS) is 1. The molecule has 0 bridgehead atoms. The molecule has 3 atom stereocenters. The lowest BCUT2D eigenvalue weighted by Gasteiger charge is -2.22. The van der Waals surface area contributed by atoms with Crippen LogP contribution in [0.25, 0.3) is 0 Å². The molecule has 0 aliphatic carbocycles. The summed E-state index contributed by atoms with van der Waals surface area (Å²) in [4.78, 5) is 23.4. The number of hydrogen-bond donors (Lipinski definition) is 2. The lowest BCUT2D eigenvalue weighted by molar-refractivity contribution is -0.144. The largest absolute Gasteiger partial charge is 0.481 e. The normalized spacial score (nSPS) is 14.8. The van der Waals surface area contributed by atoms with Crippen molar-refractivity contribution in [2.45, 2.75) is 53.2 Å². The molecule has 0 aromatic heterocycles. The minimum Gasteiger partial charge on any atom is -0.481 e. The summed E-state index contributed by atoms with van der Waals surface area (Å²) in [6.07, 6.45) is -0.0862. The van der Waals surface area contributed by atoms with Crippen molar-refractivity contribution in [1.82, 2.24) is 5.32 Å². The van der Waals surface area contributed by atoms with Crippen LogP contribution in [0.3, 0.4) is 0 Å². The second-order valence-electron chi connectivity index (χ2n) is 5.72. The Hall–Kier alpha value is -2.04. The lowest BCUT2D eigenvalue weighted by Crippen LogP contribution is -2.49. The van der Waals surface area contributed by atoms with Crippen LogP contribution in [0.5, 0.6) is 5.75 Å². The summed E-state index contributed by atoms with van der Waals surface area (Å²) in [6.45, 7) is 9.27. The average Bonchev–Trinajstić information content (AvgIpc) is 2.47. The first kappa shape index (κ1) is 18.0. The van der Waals surface area contributed by atoms with Gasteiger partial charge in [0.25, 0.3) is 5.91 Å². The molecule has 22 heavy (non-hydrogen) atoms. The number of carboxylic acids is 1. The third kappa shape index (κ3) is 4.76. The Morgan fingerprint density at radius 3 is 2.36 bits per heavy atom. The van der Waals surface area contributed by atoms with E-state index >= 15 is 0 Å². The van der Waals surface area contributed by atoms with E-state index < -0.39 is 24.0 Å². The fourth-order valence-corrected chi connectivity index (χ4v) is 2.00. The molecule has 1 rings (SSSR count). The SMILES string of the molecule is CCC(C)C(NC(=O)C(C)Oc1ccc(C)c(C)c1)C(=O)O. The molecule has 1 aromatic carbocycles. The van der Waals surface area contributed by atoms with Gasteiger partial charge in [0.05, 0.1) is 0 Å². The Balaban J connectivity index is 2.71. The molecule has 5 nitrogen and oxygen atoms in total. The summed E-state index contributed by atoms with van der Waals surface area (Å²) < 4.78 is 5.60. The summed E-state index contributed by atoms with van der Waals surface area (Å²) in [7, 11) is 0. The number of carbonyl (C=O) groups excluding carboxylic acids is 1. The Bertz CT molecular complexity index is 541. The van der Waals surface area contributed by atoms with Gasteiger partial charge < -0.3 is 15.2 Å². The Morgan fingerprint density at radius 2 is 1.86 bits per heavy atom. The molecule has 0 saturated heterocycles. The van der Waals surface area contributed by atoms with Crippen molar-refractivity contribution in [3.05, 3.63) is 29.3 Å². The molecule has 122 valence electrons. The highest BCUT2D eigenvalue weighted by Gasteiger charge is 2.27. The molecule has 0 radical (unpaired) electrons. The van der Waals surface area contributed by atoms with Crippen LogP contribution in [0.4, 0.5) is 0 Å². The maximum absolute atomic E-state index is 12.1. The third-order valence-corrected chi connectivity index (χ3v) is 3.94. The van der Waals surface area contributed by atoms with Gasteiger partial charge in [-0.05, 0) is 49.9 Å². The zero-order valence-electron chi connectivity index (χ0n) is 13.8. The summed E-state index contributed by atoms with van der Waals surface area (Å²) >= 11 is 0. The van der Waals surface area contributed by atoms with Crippen LogP contribution in [-0.4, -0.2) is 29.1 Å². The number of aliphatic carboxylic acids is 1. The van der Waals surface area contributed by atoms with E-state index in [0.29, 0.717) is 12.2 Å². The topological polar surface area (TPSA) is 75.6 Å². The van der Waals surface area contributed by atoms with Crippen LogP contribution in [0.15, 0.2) is 18.2 Å². The fraction of sp³-hybridized carbons (Fsp3) is 0.529. The van der Waals surface area contributed by atoms with Gasteiger partial charge in [-0.3, -0.25) is 4.79 Å². The van der Waals surface area contributed by atoms with Crippen molar-refractivity contribution in [3.8, 4) is 5.75 Å². The molecule has 0 saturated carbocycles. The molecule has 0 heterocycles. The molecule has 0 fully saturated rings. The van der Waals surface area contributed by atoms with Crippen LogP contribution in [0, 0.1) is 19.8 Å². The predicted molar refractivity (Wildman–Crippen MR) is 85.0 cm³/mol. The van der Waals surface area contributed by atoms with Crippen LogP contribution in [0.1, 0.15) is 38.3 Å². The van der Waals surface area contributed by atoms with E-state index in [1.54, 1.807) is 19.9 Å². The molecular formula is C17H25NO4. The highest BCUT2D eigenvalue weighted by Crippen LogP contribution is 2.18. The molecule has 0 aliphatic heterocycles. The van der Waals surface area contributed by atoms with Gasteiger partial charge in [0.1, 0.15) is 11.8 Å². The number of benzene rings is 1. The average molecular weight is 307 g/mol. The first-order chi connectivity index (χ1) is 10.3. The minimum absolute atomic E-state index is 0.143. The monoisotopic (exact) mass is 307 g/mol. The van der Waals surface area contributed by atoms with Crippen molar-refractivity contribution < 1.29 is 19.4 Å². The van der Waals surface area contributed by atoms with Crippen molar-refractivity contribution in [1.29, 1.82) is 0 Å². The highest BCUT2D eigenvalue weighted by atomic mass is 16.5. The van der Waals surface area contributed by atoms with Crippen LogP contribution < -0.4 is 10.1 Å². The van der Waals surface area contributed by atoms with Crippen molar-refractivity contribution in [2.75, 3.05) is 0 Å². The zero-order valence-corrected chi connectivity index (χ0v) is 13.8. The molecular weight excluding hydrogens is 282 g/mol. The Kier molecular flexibility index (Phi) is 6.40. The van der Waals surface area contributed by atoms with Gasteiger partial charge in [-0.15, -0.1) is 0 Å². The van der Waals surface area contributed by atoms with E-state index in [2.05, 4.69) is 5.32 Å². The number of ether oxygens (including phenoxy) is 1. The summed E-state index contributed by atoms with van der Waals surface area (Å²) in [5, 5.41) is 11.8. The van der Waals surface area contributed by atoms with Crippen molar-refractivity contribution in [3.63, 3.8) is 0 Å². The molecule has 0 aliphatic rings. The predicted octanol–water partition coefficient (Wildman–Crippen LogP) is 2.69. The molecule has 3 unspecified atom stereocenters. The van der Waals surface area contributed by atoms with E-state index in [4.69, 9.17) is 4.74 Å². The number of aryl methyl sites for hydroxylation is 2. The number of amides is 1. The van der Waals surface area contributed by atoms with E-state index in [1.807, 2.05) is 32.9 Å². The standard InChI is InChI=1S/C17H25NO4/c1-6-10(2)15(17(20)21)18-16(19)13(5)22-14-8-7-11(3)12(4)9-14/h7-10,13,15H,6H2,1-5H3,(H,18,19)(H,20,21). The van der Waals surface area contributed by atoms with Crippen molar-refractivity contribution >= 4 is 11.9 Å². The molecule has 1 aromatic rings. The van der Waals surface area contributed by atoms with Gasteiger partial charge in [0.2, 0.25) is 0 Å². The number of carbonyl (C=O) groups is 2. The smallest absolute Gasteiger partial charge is 0.326 e. The third-order valence-electron chi connectivity index (χ3n) is 3.94. The lowest BCUT2D eigenvalue weighted by atomic mass is 9.99. The number of rotatable bonds is 7. The van der Waals surface area contributed by atoms with Gasteiger partial charge in [-0.25, -0.2) is 4.79 Å². The zero-order chi connectivity index (χ0) is 16.9. The maximum atomic E-state index is 12.1. The second-order valence-corrected chi connectivity index (χ2v) is 5.72. The van der Waals surface area contributed by atoms with Crippen LogP contribution in [0.2, 0.25) is 0 Å². The van der Waals surface area contributed by atoms with E-state index in [-0.39, 0.29) is 5.92 Å². The molecule has 2 N–H and O–H groups in total. The Morgan fingerprint density at radius 1 is 1.23 bits per heavy atom. The highest BCUT2D eigenvalue weighted by molar-refractivity contribution is 5.86. The maximum Gasteiger partial charge on any atom is 0.326 e. The van der Waals surface area contributed by atoms with Crippen molar-refractivity contribution in [2.24, 2.45) is 5.92 Å². The first-order valence-electron chi connectivity index (χ1n) is 7.53.